The molecule has 1 aromatic carbocycles. The van der Waals surface area contributed by atoms with Gasteiger partial charge in [0, 0.05) is 16.6 Å². The lowest BCUT2D eigenvalue weighted by molar-refractivity contribution is 0.101. The SMILES string of the molecule is CCCS(=O)CC(=O)c1ccccc1OC. The number of carbonyl (C=O) groups excluding carboxylic acids is 1. The van der Waals surface area contributed by atoms with Gasteiger partial charge in [-0.15, -0.1) is 0 Å². The van der Waals surface area contributed by atoms with E-state index in [1.165, 1.54) is 7.11 Å². The minimum absolute atomic E-state index is 0.0776. The zero-order valence-electron chi connectivity index (χ0n) is 9.56. The van der Waals surface area contributed by atoms with Crippen molar-refractivity contribution in [1.29, 1.82) is 0 Å². The van der Waals surface area contributed by atoms with Gasteiger partial charge in [0.15, 0.2) is 5.78 Å². The first-order valence-corrected chi connectivity index (χ1v) is 6.69. The third kappa shape index (κ3) is 3.45. The summed E-state index contributed by atoms with van der Waals surface area (Å²) in [6, 6.07) is 7.01. The summed E-state index contributed by atoms with van der Waals surface area (Å²) < 4.78 is 16.6. The molecule has 0 aliphatic rings. The minimum Gasteiger partial charge on any atom is -0.496 e. The van der Waals surface area contributed by atoms with E-state index in [-0.39, 0.29) is 11.5 Å². The Morgan fingerprint density at radius 3 is 2.69 bits per heavy atom. The number of ether oxygens (including phenoxy) is 1. The summed E-state index contributed by atoms with van der Waals surface area (Å²) in [5.74, 6) is 1.07. The fraction of sp³-hybridized carbons (Fsp3) is 0.417. The summed E-state index contributed by atoms with van der Waals surface area (Å²) in [6.45, 7) is 1.95. The molecule has 0 aliphatic heterocycles. The van der Waals surface area contributed by atoms with Gasteiger partial charge in [0.2, 0.25) is 0 Å². The van der Waals surface area contributed by atoms with E-state index >= 15 is 0 Å². The van der Waals surface area contributed by atoms with Crippen LogP contribution in [0.1, 0.15) is 23.7 Å². The normalized spacial score (nSPS) is 12.1. The number of Topliss-reactive ketones (excluding diaryl/α,β-unsaturated/α-hetero) is 1. The summed E-state index contributed by atoms with van der Waals surface area (Å²) in [5, 5.41) is 0. The average Bonchev–Trinajstić information content (AvgIpc) is 2.29. The zero-order valence-corrected chi connectivity index (χ0v) is 10.4. The minimum atomic E-state index is -1.07. The molecule has 0 heterocycles. The highest BCUT2D eigenvalue weighted by atomic mass is 32.2. The van der Waals surface area contributed by atoms with Crippen LogP contribution in [0.2, 0.25) is 0 Å². The van der Waals surface area contributed by atoms with E-state index in [0.29, 0.717) is 17.1 Å². The molecule has 0 saturated carbocycles. The first-order chi connectivity index (χ1) is 7.69. The summed E-state index contributed by atoms with van der Waals surface area (Å²) in [4.78, 5) is 11.8. The Morgan fingerprint density at radius 1 is 1.38 bits per heavy atom. The molecule has 0 saturated heterocycles. The highest BCUT2D eigenvalue weighted by Gasteiger charge is 2.13. The van der Waals surface area contributed by atoms with Crippen molar-refractivity contribution in [1.82, 2.24) is 0 Å². The topological polar surface area (TPSA) is 43.4 Å². The molecule has 1 rings (SSSR count). The largest absolute Gasteiger partial charge is 0.496 e. The van der Waals surface area contributed by atoms with Crippen molar-refractivity contribution >= 4 is 16.6 Å². The van der Waals surface area contributed by atoms with Gasteiger partial charge in [-0.2, -0.15) is 0 Å². The lowest BCUT2D eigenvalue weighted by Crippen LogP contribution is -2.13. The highest BCUT2D eigenvalue weighted by molar-refractivity contribution is 7.85. The molecule has 3 nitrogen and oxygen atoms in total. The molecular weight excluding hydrogens is 224 g/mol. The number of ketones is 1. The van der Waals surface area contributed by atoms with Crippen molar-refractivity contribution in [3.63, 3.8) is 0 Å². The van der Waals surface area contributed by atoms with Crippen LogP contribution in [0.3, 0.4) is 0 Å². The molecule has 0 spiro atoms. The van der Waals surface area contributed by atoms with E-state index in [4.69, 9.17) is 4.74 Å². The van der Waals surface area contributed by atoms with Gasteiger partial charge >= 0.3 is 0 Å². The smallest absolute Gasteiger partial charge is 0.179 e. The van der Waals surface area contributed by atoms with E-state index in [1.54, 1.807) is 24.3 Å². The van der Waals surface area contributed by atoms with E-state index < -0.39 is 10.8 Å². The maximum atomic E-state index is 11.8. The zero-order chi connectivity index (χ0) is 12.0. The van der Waals surface area contributed by atoms with Crippen LogP contribution < -0.4 is 4.74 Å². The molecular formula is C12H16O3S. The molecule has 0 radical (unpaired) electrons. The van der Waals surface area contributed by atoms with Gasteiger partial charge in [0.1, 0.15) is 5.75 Å². The Hall–Kier alpha value is -1.16. The van der Waals surface area contributed by atoms with Crippen molar-refractivity contribution < 1.29 is 13.7 Å². The maximum absolute atomic E-state index is 11.8. The summed E-state index contributed by atoms with van der Waals surface area (Å²) in [5.41, 5.74) is 0.509. The number of methoxy groups -OCH3 is 1. The quantitative estimate of drug-likeness (QED) is 0.715. The number of benzene rings is 1. The summed E-state index contributed by atoms with van der Waals surface area (Å²) >= 11 is 0. The fourth-order valence-electron chi connectivity index (χ4n) is 1.40. The predicted octanol–water partition coefficient (Wildman–Crippen LogP) is 2.04. The molecule has 88 valence electrons. The molecule has 0 aliphatic carbocycles. The van der Waals surface area contributed by atoms with Gasteiger partial charge < -0.3 is 4.74 Å². The molecule has 16 heavy (non-hydrogen) atoms. The molecule has 0 N–H and O–H groups in total. The Kier molecular flexibility index (Phi) is 5.19. The van der Waals surface area contributed by atoms with Crippen molar-refractivity contribution in [3.05, 3.63) is 29.8 Å². The summed E-state index contributed by atoms with van der Waals surface area (Å²) in [6.07, 6.45) is 0.825. The molecule has 1 unspecified atom stereocenters. The van der Waals surface area contributed by atoms with Crippen LogP contribution in [0.25, 0.3) is 0 Å². The molecule has 0 fully saturated rings. The van der Waals surface area contributed by atoms with Crippen LogP contribution in [0.5, 0.6) is 5.75 Å². The first-order valence-electron chi connectivity index (χ1n) is 5.20. The molecule has 4 heteroatoms. The lowest BCUT2D eigenvalue weighted by Gasteiger charge is -2.06. The number of para-hydroxylation sites is 1. The number of hydrogen-bond donors (Lipinski definition) is 0. The van der Waals surface area contributed by atoms with Crippen LogP contribution in [-0.2, 0) is 10.8 Å². The Labute approximate surface area is 98.3 Å². The number of carbonyl (C=O) groups is 1. The maximum Gasteiger partial charge on any atom is 0.179 e. The van der Waals surface area contributed by atoms with Crippen LogP contribution >= 0.6 is 0 Å². The van der Waals surface area contributed by atoms with Gasteiger partial charge in [-0.05, 0) is 18.6 Å². The van der Waals surface area contributed by atoms with Gasteiger partial charge in [0.25, 0.3) is 0 Å². The molecule has 1 atom stereocenters. The van der Waals surface area contributed by atoms with Crippen molar-refractivity contribution in [2.24, 2.45) is 0 Å². The van der Waals surface area contributed by atoms with Crippen LogP contribution in [0.4, 0.5) is 0 Å². The molecule has 0 amide bonds. The van der Waals surface area contributed by atoms with Crippen molar-refractivity contribution in [2.75, 3.05) is 18.6 Å². The van der Waals surface area contributed by atoms with Crippen LogP contribution in [0.15, 0.2) is 24.3 Å². The van der Waals surface area contributed by atoms with Gasteiger partial charge in [-0.3, -0.25) is 9.00 Å². The Balaban J connectivity index is 2.76. The van der Waals surface area contributed by atoms with Gasteiger partial charge in [0.05, 0.1) is 18.4 Å². The number of rotatable bonds is 6. The van der Waals surface area contributed by atoms with E-state index in [0.717, 1.165) is 6.42 Å². The monoisotopic (exact) mass is 240 g/mol. The van der Waals surface area contributed by atoms with E-state index in [2.05, 4.69) is 0 Å². The molecule has 0 bridgehead atoms. The average molecular weight is 240 g/mol. The molecule has 0 aromatic heterocycles. The fourth-order valence-corrected chi connectivity index (χ4v) is 2.45. The Morgan fingerprint density at radius 2 is 2.06 bits per heavy atom. The second-order valence-electron chi connectivity index (χ2n) is 3.41. The van der Waals surface area contributed by atoms with Crippen LogP contribution in [0, 0.1) is 0 Å². The second kappa shape index (κ2) is 6.43. The van der Waals surface area contributed by atoms with E-state index in [1.807, 2.05) is 6.92 Å². The lowest BCUT2D eigenvalue weighted by atomic mass is 10.1. The van der Waals surface area contributed by atoms with Crippen molar-refractivity contribution in [3.8, 4) is 5.75 Å². The first kappa shape index (κ1) is 12.9. The van der Waals surface area contributed by atoms with Gasteiger partial charge in [-0.1, -0.05) is 19.1 Å². The Bertz CT molecular complexity index is 388. The molecule has 1 aromatic rings. The summed E-state index contributed by atoms with van der Waals surface area (Å²) in [7, 11) is 0.457. The second-order valence-corrected chi connectivity index (χ2v) is 4.99. The third-order valence-corrected chi connectivity index (χ3v) is 3.58. The van der Waals surface area contributed by atoms with E-state index in [9.17, 15) is 9.00 Å². The third-order valence-electron chi connectivity index (χ3n) is 2.13. The standard InChI is InChI=1S/C12H16O3S/c1-3-8-16(14)9-11(13)10-6-4-5-7-12(10)15-2/h4-7H,3,8-9H2,1-2H3. The van der Waals surface area contributed by atoms with Gasteiger partial charge in [-0.25, -0.2) is 0 Å². The van der Waals surface area contributed by atoms with Crippen LogP contribution in [-0.4, -0.2) is 28.6 Å². The number of hydrogen-bond acceptors (Lipinski definition) is 3. The van der Waals surface area contributed by atoms with Crippen molar-refractivity contribution in [2.45, 2.75) is 13.3 Å². The highest BCUT2D eigenvalue weighted by Crippen LogP contribution is 2.18. The predicted molar refractivity (Wildman–Crippen MR) is 65.5 cm³/mol.